The summed E-state index contributed by atoms with van der Waals surface area (Å²) in [5.74, 6) is -1.68. The van der Waals surface area contributed by atoms with Crippen molar-refractivity contribution < 1.29 is 28.7 Å². The van der Waals surface area contributed by atoms with Crippen LogP contribution in [0.15, 0.2) is 140 Å². The molecule has 0 aromatic heterocycles. The molecule has 0 saturated carbocycles. The molecule has 5 aromatic rings. The summed E-state index contributed by atoms with van der Waals surface area (Å²) in [6.45, 7) is 6.61. The molecule has 2 amide bonds. The number of carbonyl (C=O) groups excluding carboxylic acids is 4. The molecule has 2 atom stereocenters. The van der Waals surface area contributed by atoms with Crippen LogP contribution in [0.3, 0.4) is 0 Å². The molecule has 0 fully saturated rings. The van der Waals surface area contributed by atoms with E-state index in [0.717, 1.165) is 38.9 Å². The highest BCUT2D eigenvalue weighted by Crippen LogP contribution is 2.49. The number of amides is 2. The van der Waals surface area contributed by atoms with E-state index >= 15 is 0 Å². The standard InChI is InChI=1S/C46H46N2O6S/c1-31(49)41(30-55-46(32-18-8-5-9-19-32,33-20-10-6-11-21-33)34-22-12-7-13-23-34)47-43(51)40(28-42(50)54-45(2,3)4)48-44(52)53-29-39-37-26-16-14-24-35(37)36-25-15-17-27-38(36)39/h5-27,39-41H,28-30H2,1-4H3,(H,47,51)(H,48,52)/t40-,41+/m1/s1. The lowest BCUT2D eigenvalue weighted by Crippen LogP contribution is -2.53. The molecule has 0 unspecified atom stereocenters. The maximum absolute atomic E-state index is 14.1. The smallest absolute Gasteiger partial charge is 0.407 e. The molecule has 1 aliphatic rings. The summed E-state index contributed by atoms with van der Waals surface area (Å²) in [7, 11) is 0. The molecule has 282 valence electrons. The third-order valence-corrected chi connectivity index (χ3v) is 11.2. The van der Waals surface area contributed by atoms with Crippen LogP contribution in [0.4, 0.5) is 4.79 Å². The van der Waals surface area contributed by atoms with E-state index in [1.54, 1.807) is 20.8 Å². The van der Waals surface area contributed by atoms with Gasteiger partial charge in [0.2, 0.25) is 5.91 Å². The van der Waals surface area contributed by atoms with E-state index in [1.165, 1.54) is 18.7 Å². The van der Waals surface area contributed by atoms with E-state index in [2.05, 4.69) is 47.0 Å². The van der Waals surface area contributed by atoms with Gasteiger partial charge in [0.25, 0.3) is 0 Å². The van der Waals surface area contributed by atoms with Crippen molar-refractivity contribution in [3.63, 3.8) is 0 Å². The summed E-state index contributed by atoms with van der Waals surface area (Å²) in [5.41, 5.74) is 6.44. The van der Waals surface area contributed by atoms with Crippen molar-refractivity contribution in [3.05, 3.63) is 167 Å². The van der Waals surface area contributed by atoms with Gasteiger partial charge in [0.05, 0.1) is 17.2 Å². The van der Waals surface area contributed by atoms with E-state index in [4.69, 9.17) is 9.47 Å². The minimum absolute atomic E-state index is 0.0217. The highest BCUT2D eigenvalue weighted by atomic mass is 32.2. The van der Waals surface area contributed by atoms with Gasteiger partial charge in [-0.2, -0.15) is 0 Å². The highest BCUT2D eigenvalue weighted by Gasteiger charge is 2.39. The first-order valence-electron chi connectivity index (χ1n) is 18.4. The Morgan fingerprint density at radius 1 is 0.636 bits per heavy atom. The lowest BCUT2D eigenvalue weighted by atomic mass is 9.84. The molecule has 0 heterocycles. The van der Waals surface area contributed by atoms with Crippen LogP contribution in [-0.2, 0) is 28.6 Å². The van der Waals surface area contributed by atoms with E-state index in [0.29, 0.717) is 0 Å². The second-order valence-corrected chi connectivity index (χ2v) is 15.8. The molecule has 0 spiro atoms. The second-order valence-electron chi connectivity index (χ2n) is 14.6. The normalized spacial score (nSPS) is 13.5. The molecule has 2 N–H and O–H groups in total. The van der Waals surface area contributed by atoms with Crippen molar-refractivity contribution in [2.45, 2.75) is 62.5 Å². The molecule has 0 bridgehead atoms. The molecule has 6 rings (SSSR count). The van der Waals surface area contributed by atoms with Gasteiger partial charge in [0.15, 0.2) is 5.78 Å². The lowest BCUT2D eigenvalue weighted by Gasteiger charge is -2.36. The van der Waals surface area contributed by atoms with Gasteiger partial charge in [-0.3, -0.25) is 14.4 Å². The summed E-state index contributed by atoms with van der Waals surface area (Å²) in [6, 6.07) is 43.8. The van der Waals surface area contributed by atoms with E-state index in [9.17, 15) is 19.2 Å². The fourth-order valence-electron chi connectivity index (χ4n) is 7.05. The number of carbonyl (C=O) groups is 4. The first-order valence-corrected chi connectivity index (χ1v) is 19.4. The maximum Gasteiger partial charge on any atom is 0.407 e. The number of fused-ring (bicyclic) bond motifs is 3. The van der Waals surface area contributed by atoms with Gasteiger partial charge >= 0.3 is 12.1 Å². The Morgan fingerprint density at radius 3 is 1.55 bits per heavy atom. The molecule has 5 aromatic carbocycles. The molecular weight excluding hydrogens is 709 g/mol. The lowest BCUT2D eigenvalue weighted by molar-refractivity contribution is -0.156. The zero-order chi connectivity index (χ0) is 39.0. The number of benzene rings is 5. The van der Waals surface area contributed by atoms with Crippen LogP contribution < -0.4 is 10.6 Å². The first-order chi connectivity index (χ1) is 26.5. The molecule has 1 aliphatic carbocycles. The van der Waals surface area contributed by atoms with Crippen molar-refractivity contribution in [1.29, 1.82) is 0 Å². The average Bonchev–Trinajstić information content (AvgIpc) is 3.50. The van der Waals surface area contributed by atoms with Gasteiger partial charge in [-0.15, -0.1) is 11.8 Å². The highest BCUT2D eigenvalue weighted by molar-refractivity contribution is 8.00. The summed E-state index contributed by atoms with van der Waals surface area (Å²) in [5, 5.41) is 5.46. The minimum Gasteiger partial charge on any atom is -0.460 e. The molecule has 0 saturated heterocycles. The number of Topliss-reactive ketones (excluding diaryl/α,β-unsaturated/α-hetero) is 1. The zero-order valence-corrected chi connectivity index (χ0v) is 32.3. The second kappa shape index (κ2) is 17.2. The number of ether oxygens (including phenoxy) is 2. The Balaban J connectivity index is 1.22. The monoisotopic (exact) mass is 754 g/mol. The Morgan fingerprint density at radius 2 is 1.09 bits per heavy atom. The Labute approximate surface area is 327 Å². The Bertz CT molecular complexity index is 1980. The van der Waals surface area contributed by atoms with Gasteiger partial charge in [-0.05, 0) is 66.6 Å². The fourth-order valence-corrected chi connectivity index (χ4v) is 8.69. The molecular formula is C46H46N2O6S. The van der Waals surface area contributed by atoms with Crippen LogP contribution in [0.1, 0.15) is 67.9 Å². The van der Waals surface area contributed by atoms with Crippen LogP contribution in [0, 0.1) is 0 Å². The van der Waals surface area contributed by atoms with E-state index < -0.39 is 46.8 Å². The number of hydrogen-bond donors (Lipinski definition) is 2. The summed E-state index contributed by atoms with van der Waals surface area (Å²) < 4.78 is 10.5. The van der Waals surface area contributed by atoms with Crippen molar-refractivity contribution in [2.24, 2.45) is 0 Å². The van der Waals surface area contributed by atoms with Gasteiger partial charge in [0, 0.05) is 11.7 Å². The maximum atomic E-state index is 14.1. The molecule has 55 heavy (non-hydrogen) atoms. The summed E-state index contributed by atoms with van der Waals surface area (Å²) >= 11 is 1.53. The number of ketones is 1. The minimum atomic E-state index is -1.38. The third kappa shape index (κ3) is 9.18. The topological polar surface area (TPSA) is 111 Å². The number of rotatable bonds is 14. The Hall–Kier alpha value is -5.67. The molecule has 9 heteroatoms. The van der Waals surface area contributed by atoms with Crippen molar-refractivity contribution in [3.8, 4) is 11.1 Å². The van der Waals surface area contributed by atoms with Crippen LogP contribution in [-0.4, -0.2) is 53.8 Å². The van der Waals surface area contributed by atoms with Crippen molar-refractivity contribution in [2.75, 3.05) is 12.4 Å². The van der Waals surface area contributed by atoms with Gasteiger partial charge in [-0.25, -0.2) is 4.79 Å². The third-order valence-electron chi connectivity index (χ3n) is 9.56. The van der Waals surface area contributed by atoms with Crippen LogP contribution >= 0.6 is 11.8 Å². The number of alkyl carbamates (subject to hydrolysis) is 1. The van der Waals surface area contributed by atoms with Gasteiger partial charge in [0.1, 0.15) is 18.2 Å². The van der Waals surface area contributed by atoms with Crippen LogP contribution in [0.5, 0.6) is 0 Å². The largest absolute Gasteiger partial charge is 0.460 e. The zero-order valence-electron chi connectivity index (χ0n) is 31.5. The predicted octanol–water partition coefficient (Wildman–Crippen LogP) is 8.42. The first kappa shape index (κ1) is 39.0. The Kier molecular flexibility index (Phi) is 12.2. The average molecular weight is 755 g/mol. The molecule has 0 aliphatic heterocycles. The molecule has 8 nitrogen and oxygen atoms in total. The number of esters is 1. The summed E-state index contributed by atoms with van der Waals surface area (Å²) in [4.78, 5) is 53.8. The summed E-state index contributed by atoms with van der Waals surface area (Å²) in [6.07, 6.45) is -1.33. The van der Waals surface area contributed by atoms with Crippen molar-refractivity contribution in [1.82, 2.24) is 10.6 Å². The van der Waals surface area contributed by atoms with Crippen LogP contribution in [0.25, 0.3) is 11.1 Å². The van der Waals surface area contributed by atoms with Gasteiger partial charge in [-0.1, -0.05) is 140 Å². The van der Waals surface area contributed by atoms with Crippen LogP contribution in [0.2, 0.25) is 0 Å². The fraction of sp³-hybridized carbons (Fsp3) is 0.261. The quantitative estimate of drug-likeness (QED) is 0.0865. The van der Waals surface area contributed by atoms with Crippen molar-refractivity contribution >= 4 is 35.5 Å². The number of thioether (sulfide) groups is 1. The number of nitrogens with one attached hydrogen (secondary N) is 2. The van der Waals surface area contributed by atoms with Gasteiger partial charge < -0.3 is 20.1 Å². The molecule has 0 radical (unpaired) electrons. The van der Waals surface area contributed by atoms with E-state index in [-0.39, 0.29) is 24.1 Å². The van der Waals surface area contributed by atoms with E-state index in [1.807, 2.05) is 103 Å². The predicted molar refractivity (Wildman–Crippen MR) is 217 cm³/mol. The number of hydrogen-bond acceptors (Lipinski definition) is 7. The SMILES string of the molecule is CC(=O)[C@H](CSC(c1ccccc1)(c1ccccc1)c1ccccc1)NC(=O)[C@@H](CC(=O)OC(C)(C)C)NC(=O)OCC1c2ccccc2-c2ccccc21.